The zero-order valence-electron chi connectivity index (χ0n) is 10.3. The van der Waals surface area contributed by atoms with Crippen molar-refractivity contribution < 1.29 is 9.53 Å². The van der Waals surface area contributed by atoms with Gasteiger partial charge in [-0.05, 0) is 19.1 Å². The van der Waals surface area contributed by atoms with Crippen LogP contribution < -0.4 is 4.90 Å². The van der Waals surface area contributed by atoms with Gasteiger partial charge in [0.15, 0.2) is 15.2 Å². The summed E-state index contributed by atoms with van der Waals surface area (Å²) in [5.74, 6) is 1.83. The van der Waals surface area contributed by atoms with E-state index >= 15 is 0 Å². The molecule has 1 fully saturated rings. The Labute approximate surface area is 120 Å². The molecule has 0 radical (unpaired) electrons. The van der Waals surface area contributed by atoms with Gasteiger partial charge in [0, 0.05) is 18.3 Å². The highest BCUT2D eigenvalue weighted by atomic mass is 35.5. The second kappa shape index (κ2) is 6.12. The minimum atomic E-state index is -0.416. The van der Waals surface area contributed by atoms with Crippen molar-refractivity contribution in [3.8, 4) is 0 Å². The molecule has 18 heavy (non-hydrogen) atoms. The molecule has 1 aromatic rings. The van der Waals surface area contributed by atoms with Gasteiger partial charge < -0.3 is 9.64 Å². The molecule has 7 heteroatoms. The lowest BCUT2D eigenvalue weighted by Gasteiger charge is -2.25. The molecule has 1 aromatic heterocycles. The zero-order valence-corrected chi connectivity index (χ0v) is 12.7. The van der Waals surface area contributed by atoms with Gasteiger partial charge in [0.2, 0.25) is 0 Å². The Balaban J connectivity index is 2.24. The number of hydrogen-bond donors (Lipinski definition) is 0. The fourth-order valence-corrected chi connectivity index (χ4v) is 4.18. The highest BCUT2D eigenvalue weighted by Crippen LogP contribution is 2.32. The van der Waals surface area contributed by atoms with Gasteiger partial charge in [-0.3, -0.25) is 0 Å². The molecule has 1 aliphatic heterocycles. The fourth-order valence-electron chi connectivity index (χ4n) is 1.81. The first-order valence-corrected chi connectivity index (χ1v) is 8.07. The van der Waals surface area contributed by atoms with Crippen molar-refractivity contribution in [2.75, 3.05) is 30.1 Å². The molecule has 4 nitrogen and oxygen atoms in total. The van der Waals surface area contributed by atoms with E-state index in [9.17, 15) is 4.79 Å². The van der Waals surface area contributed by atoms with E-state index in [1.807, 2.05) is 11.8 Å². The van der Waals surface area contributed by atoms with Gasteiger partial charge >= 0.3 is 5.97 Å². The highest BCUT2D eigenvalue weighted by Gasteiger charge is 2.24. The molecule has 0 aromatic carbocycles. The molecule has 2 rings (SSSR count). The van der Waals surface area contributed by atoms with Crippen LogP contribution in [0.3, 0.4) is 0 Å². The number of methoxy groups -OCH3 is 1. The highest BCUT2D eigenvalue weighted by molar-refractivity contribution is 7.99. The first-order valence-electron chi connectivity index (χ1n) is 5.72. The van der Waals surface area contributed by atoms with Crippen LogP contribution in [0.2, 0.25) is 5.15 Å². The zero-order chi connectivity index (χ0) is 13.1. The van der Waals surface area contributed by atoms with Crippen LogP contribution in [0, 0.1) is 0 Å². The molecule has 0 N–H and O–H groups in total. The van der Waals surface area contributed by atoms with Gasteiger partial charge in [0.05, 0.1) is 7.11 Å². The summed E-state index contributed by atoms with van der Waals surface area (Å²) in [6.07, 6.45) is 1.12. The molecule has 0 bridgehead atoms. The Morgan fingerprint density at radius 3 is 3.06 bits per heavy atom. The summed E-state index contributed by atoms with van der Waals surface area (Å²) < 4.78 is 4.69. The standard InChI is InChI=1S/C11H15ClN2O2S2/c1-7-3-5-17-6-4-14(7)11-13-9(12)8(18-11)10(15)16-2/h7H,3-6H2,1-2H3. The summed E-state index contributed by atoms with van der Waals surface area (Å²) >= 11 is 9.25. The lowest BCUT2D eigenvalue weighted by atomic mass is 10.2. The van der Waals surface area contributed by atoms with Gasteiger partial charge in [0.1, 0.15) is 0 Å². The predicted octanol–water partition coefficient (Wildman–Crippen LogP) is 2.91. The molecule has 2 heterocycles. The SMILES string of the molecule is COC(=O)c1sc(N2CCSCCC2C)nc1Cl. The second-order valence-electron chi connectivity index (χ2n) is 4.05. The fraction of sp³-hybridized carbons (Fsp3) is 0.636. The van der Waals surface area contributed by atoms with Crippen LogP contribution in [-0.4, -0.2) is 42.2 Å². The van der Waals surface area contributed by atoms with Gasteiger partial charge in [-0.2, -0.15) is 11.8 Å². The van der Waals surface area contributed by atoms with Gasteiger partial charge in [0.25, 0.3) is 0 Å². The number of halogens is 1. The van der Waals surface area contributed by atoms with Crippen LogP contribution in [-0.2, 0) is 4.74 Å². The molecule has 1 saturated heterocycles. The van der Waals surface area contributed by atoms with Crippen molar-refractivity contribution in [2.24, 2.45) is 0 Å². The Bertz CT molecular complexity index is 439. The minimum absolute atomic E-state index is 0.242. The Morgan fingerprint density at radius 1 is 1.56 bits per heavy atom. The number of esters is 1. The average molecular weight is 307 g/mol. The van der Waals surface area contributed by atoms with Crippen molar-refractivity contribution in [3.63, 3.8) is 0 Å². The number of thiazole rings is 1. The molecule has 0 amide bonds. The maximum atomic E-state index is 11.5. The number of anilines is 1. The van der Waals surface area contributed by atoms with Crippen molar-refractivity contribution in [1.29, 1.82) is 0 Å². The van der Waals surface area contributed by atoms with Crippen LogP contribution in [0.4, 0.5) is 5.13 Å². The van der Waals surface area contributed by atoms with E-state index in [1.54, 1.807) is 0 Å². The molecule has 1 aliphatic rings. The van der Waals surface area contributed by atoms with Crippen molar-refractivity contribution in [1.82, 2.24) is 4.98 Å². The van der Waals surface area contributed by atoms with Crippen LogP contribution in [0.5, 0.6) is 0 Å². The van der Waals surface area contributed by atoms with Gasteiger partial charge in [-0.1, -0.05) is 22.9 Å². The van der Waals surface area contributed by atoms with E-state index in [1.165, 1.54) is 24.2 Å². The number of carbonyl (C=O) groups excluding carboxylic acids is 1. The maximum absolute atomic E-state index is 11.5. The number of nitrogens with zero attached hydrogens (tertiary/aromatic N) is 2. The topological polar surface area (TPSA) is 42.4 Å². The molecular weight excluding hydrogens is 292 g/mol. The van der Waals surface area contributed by atoms with Gasteiger partial charge in [-0.25, -0.2) is 9.78 Å². The lowest BCUT2D eigenvalue weighted by molar-refractivity contribution is 0.0606. The maximum Gasteiger partial charge on any atom is 0.351 e. The molecule has 1 atom stereocenters. The quantitative estimate of drug-likeness (QED) is 0.786. The van der Waals surface area contributed by atoms with E-state index in [2.05, 4.69) is 16.8 Å². The predicted molar refractivity (Wildman–Crippen MR) is 77.2 cm³/mol. The first kappa shape index (κ1) is 14.0. The monoisotopic (exact) mass is 306 g/mol. The Hall–Kier alpha value is -0.460. The number of hydrogen-bond acceptors (Lipinski definition) is 6. The van der Waals surface area contributed by atoms with E-state index in [-0.39, 0.29) is 5.15 Å². The van der Waals surface area contributed by atoms with E-state index < -0.39 is 5.97 Å². The Morgan fingerprint density at radius 2 is 2.33 bits per heavy atom. The lowest BCUT2D eigenvalue weighted by Crippen LogP contribution is -2.33. The van der Waals surface area contributed by atoms with Crippen LogP contribution in [0.25, 0.3) is 0 Å². The summed E-state index contributed by atoms with van der Waals surface area (Å²) in [5, 5.41) is 1.06. The minimum Gasteiger partial charge on any atom is -0.465 e. The summed E-state index contributed by atoms with van der Waals surface area (Å²) in [6, 6.07) is 0.424. The van der Waals surface area contributed by atoms with E-state index in [0.717, 1.165) is 23.8 Å². The molecule has 1 unspecified atom stereocenters. The largest absolute Gasteiger partial charge is 0.465 e. The van der Waals surface area contributed by atoms with E-state index in [4.69, 9.17) is 16.3 Å². The number of carbonyl (C=O) groups is 1. The molecule has 0 saturated carbocycles. The number of aromatic nitrogens is 1. The van der Waals surface area contributed by atoms with Crippen LogP contribution >= 0.6 is 34.7 Å². The third-order valence-electron chi connectivity index (χ3n) is 2.88. The molecular formula is C11H15ClN2O2S2. The normalized spacial score (nSPS) is 20.6. The number of ether oxygens (including phenoxy) is 1. The summed E-state index contributed by atoms with van der Waals surface area (Å²) in [4.78, 5) is 18.4. The van der Waals surface area contributed by atoms with E-state index in [0.29, 0.717) is 10.9 Å². The third-order valence-corrected chi connectivity index (χ3v) is 5.33. The summed E-state index contributed by atoms with van der Waals surface area (Å²) in [6.45, 7) is 3.12. The summed E-state index contributed by atoms with van der Waals surface area (Å²) in [5.41, 5.74) is 0. The third kappa shape index (κ3) is 2.92. The number of thioether (sulfide) groups is 1. The first-order chi connectivity index (χ1) is 8.63. The summed E-state index contributed by atoms with van der Waals surface area (Å²) in [7, 11) is 1.35. The molecule has 0 aliphatic carbocycles. The average Bonchev–Trinajstić information content (AvgIpc) is 2.60. The second-order valence-corrected chi connectivity index (χ2v) is 6.61. The Kier molecular flexibility index (Phi) is 4.75. The van der Waals surface area contributed by atoms with Crippen LogP contribution in [0.15, 0.2) is 0 Å². The molecule has 100 valence electrons. The number of rotatable bonds is 2. The smallest absolute Gasteiger partial charge is 0.351 e. The van der Waals surface area contributed by atoms with Crippen molar-refractivity contribution >= 4 is 45.8 Å². The van der Waals surface area contributed by atoms with Crippen molar-refractivity contribution in [3.05, 3.63) is 10.0 Å². The van der Waals surface area contributed by atoms with Crippen LogP contribution in [0.1, 0.15) is 23.0 Å². The van der Waals surface area contributed by atoms with Crippen molar-refractivity contribution in [2.45, 2.75) is 19.4 Å². The van der Waals surface area contributed by atoms with Gasteiger partial charge in [-0.15, -0.1) is 0 Å². The molecule has 0 spiro atoms.